The predicted molar refractivity (Wildman–Crippen MR) is 81.4 cm³/mol. The lowest BCUT2D eigenvalue weighted by Gasteiger charge is -2.28. The normalized spacial score (nSPS) is 23.7. The fourth-order valence-corrected chi connectivity index (χ4v) is 3.95. The highest BCUT2D eigenvalue weighted by atomic mass is 32.1. The van der Waals surface area contributed by atoms with Crippen LogP contribution in [0.5, 0.6) is 0 Å². The maximum Gasteiger partial charge on any atom is 0.253 e. The van der Waals surface area contributed by atoms with Crippen LogP contribution in [0.15, 0.2) is 33.9 Å². The number of thiophene rings is 1. The Morgan fingerprint density at radius 1 is 1.38 bits per heavy atom. The Bertz CT molecular complexity index is 735. The first-order valence-corrected chi connectivity index (χ1v) is 8.18. The maximum atomic E-state index is 12.6. The minimum absolute atomic E-state index is 0.0600. The average molecular weight is 300 g/mol. The number of carbonyl (C=O) groups excluding carboxylic acids is 1. The van der Waals surface area contributed by atoms with Crippen LogP contribution in [-0.2, 0) is 17.8 Å². The molecule has 1 N–H and O–H groups in total. The second kappa shape index (κ2) is 4.84. The number of pyridine rings is 1. The van der Waals surface area contributed by atoms with Gasteiger partial charge in [0.25, 0.3) is 5.56 Å². The number of carbonyl (C=O) groups is 1. The number of H-pyrrole nitrogens is 1. The third-order valence-corrected chi connectivity index (χ3v) is 5.25. The fraction of sp³-hybridized carbons (Fsp3) is 0.375. The van der Waals surface area contributed by atoms with Crippen molar-refractivity contribution in [1.82, 2.24) is 9.88 Å². The summed E-state index contributed by atoms with van der Waals surface area (Å²) < 4.78 is 0. The van der Waals surface area contributed by atoms with Crippen molar-refractivity contribution in [3.63, 3.8) is 0 Å². The van der Waals surface area contributed by atoms with Crippen molar-refractivity contribution in [2.45, 2.75) is 25.3 Å². The van der Waals surface area contributed by atoms with E-state index in [4.69, 9.17) is 0 Å². The molecule has 1 amide bonds. The highest BCUT2D eigenvalue weighted by Crippen LogP contribution is 2.49. The van der Waals surface area contributed by atoms with Gasteiger partial charge in [-0.05, 0) is 52.8 Å². The van der Waals surface area contributed by atoms with Gasteiger partial charge in [0.05, 0.1) is 6.54 Å². The summed E-state index contributed by atoms with van der Waals surface area (Å²) >= 11 is 1.68. The van der Waals surface area contributed by atoms with Crippen molar-refractivity contribution < 1.29 is 4.79 Å². The minimum atomic E-state index is -0.0600. The van der Waals surface area contributed by atoms with E-state index in [1.54, 1.807) is 17.5 Å². The van der Waals surface area contributed by atoms with Crippen LogP contribution in [0.3, 0.4) is 0 Å². The zero-order valence-electron chi connectivity index (χ0n) is 11.5. The standard InChI is InChI=1S/C16H16N2O2S/c19-15-14-8-18(5-2-10(14)1-4-17-15)16(20)13-7-12(13)11-3-6-21-9-11/h1,3-4,6,9,12-13H,2,5,7-8H2,(H,17,19)/t12-,13+/m0/s1. The molecule has 0 saturated heterocycles. The summed E-state index contributed by atoms with van der Waals surface area (Å²) in [7, 11) is 0. The zero-order chi connectivity index (χ0) is 14.4. The van der Waals surface area contributed by atoms with E-state index >= 15 is 0 Å². The molecule has 0 spiro atoms. The molecule has 2 atom stereocenters. The molecule has 108 valence electrons. The van der Waals surface area contributed by atoms with E-state index < -0.39 is 0 Å². The van der Waals surface area contributed by atoms with Crippen molar-refractivity contribution in [2.24, 2.45) is 5.92 Å². The van der Waals surface area contributed by atoms with Gasteiger partial charge in [-0.3, -0.25) is 9.59 Å². The van der Waals surface area contributed by atoms with Crippen molar-refractivity contribution in [3.8, 4) is 0 Å². The molecule has 1 aliphatic carbocycles. The Hall–Kier alpha value is -1.88. The van der Waals surface area contributed by atoms with Crippen LogP contribution < -0.4 is 5.56 Å². The molecule has 1 saturated carbocycles. The zero-order valence-corrected chi connectivity index (χ0v) is 12.4. The van der Waals surface area contributed by atoms with Crippen LogP contribution >= 0.6 is 11.3 Å². The number of hydrogen-bond donors (Lipinski definition) is 1. The topological polar surface area (TPSA) is 53.2 Å². The van der Waals surface area contributed by atoms with Gasteiger partial charge in [0.1, 0.15) is 0 Å². The number of rotatable bonds is 2. The van der Waals surface area contributed by atoms with Crippen LogP contribution in [0.25, 0.3) is 0 Å². The number of aromatic nitrogens is 1. The molecule has 2 aliphatic rings. The Balaban J connectivity index is 1.50. The third-order valence-electron chi connectivity index (χ3n) is 4.55. The molecular formula is C16H16N2O2S. The van der Waals surface area contributed by atoms with E-state index in [9.17, 15) is 9.59 Å². The number of amides is 1. The first kappa shape index (κ1) is 12.8. The Kier molecular flexibility index (Phi) is 2.96. The second-order valence-corrected chi connectivity index (χ2v) is 6.61. The van der Waals surface area contributed by atoms with Gasteiger partial charge in [-0.2, -0.15) is 11.3 Å². The number of fused-ring (bicyclic) bond motifs is 1. The van der Waals surface area contributed by atoms with Crippen molar-refractivity contribution >= 4 is 17.2 Å². The van der Waals surface area contributed by atoms with Gasteiger partial charge in [-0.25, -0.2) is 0 Å². The Labute approximate surface area is 126 Å². The van der Waals surface area contributed by atoms with E-state index in [0.29, 0.717) is 12.5 Å². The molecule has 2 aromatic heterocycles. The molecule has 0 bridgehead atoms. The molecule has 2 aromatic rings. The molecular weight excluding hydrogens is 284 g/mol. The van der Waals surface area contributed by atoms with Crippen LogP contribution in [0.4, 0.5) is 0 Å². The first-order valence-electron chi connectivity index (χ1n) is 7.24. The van der Waals surface area contributed by atoms with Gasteiger partial charge in [0.15, 0.2) is 0 Å². The molecule has 3 heterocycles. The summed E-state index contributed by atoms with van der Waals surface area (Å²) in [6, 6.07) is 4.06. The minimum Gasteiger partial charge on any atom is -0.338 e. The second-order valence-electron chi connectivity index (χ2n) is 5.83. The number of nitrogens with zero attached hydrogens (tertiary/aromatic N) is 1. The quantitative estimate of drug-likeness (QED) is 0.923. The summed E-state index contributed by atoms with van der Waals surface area (Å²) in [6.07, 6.45) is 3.41. The molecule has 0 radical (unpaired) electrons. The van der Waals surface area contributed by atoms with Crippen molar-refractivity contribution in [3.05, 3.63) is 56.1 Å². The average Bonchev–Trinajstić information content (AvgIpc) is 3.12. The highest BCUT2D eigenvalue weighted by molar-refractivity contribution is 7.08. The lowest BCUT2D eigenvalue weighted by atomic mass is 10.0. The molecule has 21 heavy (non-hydrogen) atoms. The first-order chi connectivity index (χ1) is 10.2. The van der Waals surface area contributed by atoms with Crippen molar-refractivity contribution in [2.75, 3.05) is 6.54 Å². The van der Waals surface area contributed by atoms with Gasteiger partial charge < -0.3 is 9.88 Å². The lowest BCUT2D eigenvalue weighted by Crippen LogP contribution is -2.39. The number of aromatic amines is 1. The van der Waals surface area contributed by atoms with Gasteiger partial charge >= 0.3 is 0 Å². The lowest BCUT2D eigenvalue weighted by molar-refractivity contribution is -0.133. The smallest absolute Gasteiger partial charge is 0.253 e. The Morgan fingerprint density at radius 3 is 3.10 bits per heavy atom. The summed E-state index contributed by atoms with van der Waals surface area (Å²) in [5, 5.41) is 4.19. The van der Waals surface area contributed by atoms with Gasteiger partial charge in [0, 0.05) is 24.2 Å². The fourth-order valence-electron chi connectivity index (χ4n) is 3.23. The monoisotopic (exact) mass is 300 g/mol. The summed E-state index contributed by atoms with van der Waals surface area (Å²) in [5.41, 5.74) is 3.06. The Morgan fingerprint density at radius 2 is 2.29 bits per heavy atom. The summed E-state index contributed by atoms with van der Waals surface area (Å²) in [5.74, 6) is 0.711. The molecule has 1 fully saturated rings. The van der Waals surface area contributed by atoms with E-state index in [0.717, 1.165) is 30.5 Å². The SMILES string of the molecule is O=C([C@@H]1C[C@H]1c1ccsc1)N1CCc2cc[nH]c(=O)c2C1. The van der Waals surface area contributed by atoms with Gasteiger partial charge in [-0.1, -0.05) is 0 Å². The van der Waals surface area contributed by atoms with Crippen molar-refractivity contribution in [1.29, 1.82) is 0 Å². The molecule has 1 aliphatic heterocycles. The molecule has 0 unspecified atom stereocenters. The molecule has 5 heteroatoms. The van der Waals surface area contributed by atoms with E-state index in [1.807, 2.05) is 11.0 Å². The van der Waals surface area contributed by atoms with Crippen LogP contribution in [0.1, 0.15) is 29.0 Å². The van der Waals surface area contributed by atoms with Crippen LogP contribution in [-0.4, -0.2) is 22.3 Å². The molecule has 4 rings (SSSR count). The number of nitrogens with one attached hydrogen (secondary N) is 1. The third kappa shape index (κ3) is 2.21. The van der Waals surface area contributed by atoms with E-state index in [-0.39, 0.29) is 17.4 Å². The van der Waals surface area contributed by atoms with E-state index in [1.165, 1.54) is 5.56 Å². The summed E-state index contributed by atoms with van der Waals surface area (Å²) in [6.45, 7) is 1.18. The molecule has 4 nitrogen and oxygen atoms in total. The maximum absolute atomic E-state index is 12.6. The van der Waals surface area contributed by atoms with E-state index in [2.05, 4.69) is 21.8 Å². The van der Waals surface area contributed by atoms with Crippen LogP contribution in [0, 0.1) is 5.92 Å². The summed E-state index contributed by atoms with van der Waals surface area (Å²) in [4.78, 5) is 29.0. The van der Waals surface area contributed by atoms with Crippen LogP contribution in [0.2, 0.25) is 0 Å². The predicted octanol–water partition coefficient (Wildman–Crippen LogP) is 2.12. The largest absolute Gasteiger partial charge is 0.338 e. The van der Waals surface area contributed by atoms with Gasteiger partial charge in [-0.15, -0.1) is 0 Å². The molecule has 0 aromatic carbocycles. The number of hydrogen-bond acceptors (Lipinski definition) is 3. The van der Waals surface area contributed by atoms with Gasteiger partial charge in [0.2, 0.25) is 5.91 Å². The highest BCUT2D eigenvalue weighted by Gasteiger charge is 2.46.